The summed E-state index contributed by atoms with van der Waals surface area (Å²) in [5, 5.41) is 11.4. The van der Waals surface area contributed by atoms with Crippen LogP contribution in [0.2, 0.25) is 0 Å². The average molecular weight is 344 g/mol. The van der Waals surface area contributed by atoms with E-state index >= 15 is 0 Å². The number of rotatable bonds is 6. The maximum atomic E-state index is 13.7. The third-order valence-corrected chi connectivity index (χ3v) is 3.35. The quantitative estimate of drug-likeness (QED) is 0.843. The Bertz CT molecular complexity index is 793. The van der Waals surface area contributed by atoms with Gasteiger partial charge in [-0.3, -0.25) is 14.4 Å². The van der Waals surface area contributed by atoms with E-state index in [1.165, 1.54) is 19.1 Å². The van der Waals surface area contributed by atoms with E-state index in [1.54, 1.807) is 24.3 Å². The number of carbonyl (C=O) groups is 3. The third-order valence-electron chi connectivity index (χ3n) is 3.35. The lowest BCUT2D eigenvalue weighted by Crippen LogP contribution is -2.35. The van der Waals surface area contributed by atoms with Crippen LogP contribution >= 0.6 is 0 Å². The second kappa shape index (κ2) is 8.05. The van der Waals surface area contributed by atoms with Gasteiger partial charge >= 0.3 is 5.97 Å². The lowest BCUT2D eigenvalue weighted by Gasteiger charge is -2.21. The second-order valence-electron chi connectivity index (χ2n) is 5.42. The largest absolute Gasteiger partial charge is 0.480 e. The molecule has 2 rings (SSSR count). The molecule has 2 N–H and O–H groups in total. The first kappa shape index (κ1) is 18.1. The molecule has 25 heavy (non-hydrogen) atoms. The fourth-order valence-electron chi connectivity index (χ4n) is 2.29. The van der Waals surface area contributed by atoms with E-state index in [0.29, 0.717) is 0 Å². The molecule has 2 aromatic rings. The van der Waals surface area contributed by atoms with Crippen LogP contribution in [0.25, 0.3) is 0 Å². The predicted molar refractivity (Wildman–Crippen MR) is 89.5 cm³/mol. The molecule has 0 aliphatic rings. The number of aliphatic carboxylic acids is 1. The van der Waals surface area contributed by atoms with Crippen molar-refractivity contribution in [3.8, 4) is 0 Å². The minimum atomic E-state index is -1.16. The van der Waals surface area contributed by atoms with E-state index in [9.17, 15) is 18.8 Å². The first-order chi connectivity index (χ1) is 11.9. The standard InChI is InChI=1S/C18H17FN2O4/c1-12(22)20-16-9-14(7-8-15(16)19)18(25)21(11-17(23)24)10-13-5-3-2-4-6-13/h2-9H,10-11H2,1H3,(H,20,22)(H,23,24). The van der Waals surface area contributed by atoms with E-state index in [2.05, 4.69) is 5.32 Å². The molecule has 0 atom stereocenters. The van der Waals surface area contributed by atoms with Crippen molar-refractivity contribution >= 4 is 23.5 Å². The van der Waals surface area contributed by atoms with Gasteiger partial charge in [-0.2, -0.15) is 0 Å². The van der Waals surface area contributed by atoms with Crippen LogP contribution in [0.5, 0.6) is 0 Å². The molecule has 0 radical (unpaired) electrons. The molecule has 6 nitrogen and oxygen atoms in total. The van der Waals surface area contributed by atoms with Crippen molar-refractivity contribution < 1.29 is 23.9 Å². The number of hydrogen-bond acceptors (Lipinski definition) is 3. The number of amides is 2. The predicted octanol–water partition coefficient (Wildman–Crippen LogP) is 2.51. The first-order valence-electron chi connectivity index (χ1n) is 7.49. The zero-order chi connectivity index (χ0) is 18.4. The molecule has 0 saturated carbocycles. The summed E-state index contributed by atoms with van der Waals surface area (Å²) in [6.07, 6.45) is 0. The fourth-order valence-corrected chi connectivity index (χ4v) is 2.29. The van der Waals surface area contributed by atoms with Gasteiger partial charge in [0.05, 0.1) is 5.69 Å². The molecule has 0 aliphatic carbocycles. The molecule has 0 aliphatic heterocycles. The van der Waals surface area contributed by atoms with Gasteiger partial charge in [0, 0.05) is 19.0 Å². The Balaban J connectivity index is 2.29. The number of carbonyl (C=O) groups excluding carboxylic acids is 2. The molecular formula is C18H17FN2O4. The summed E-state index contributed by atoms with van der Waals surface area (Å²) in [5.41, 5.74) is 0.719. The van der Waals surface area contributed by atoms with Gasteiger partial charge in [0.2, 0.25) is 5.91 Å². The molecule has 130 valence electrons. The number of carboxylic acid groups (broad SMARTS) is 1. The molecule has 2 amide bonds. The van der Waals surface area contributed by atoms with Gasteiger partial charge in [-0.1, -0.05) is 30.3 Å². The topological polar surface area (TPSA) is 86.7 Å². The summed E-state index contributed by atoms with van der Waals surface area (Å²) in [4.78, 5) is 36.0. The highest BCUT2D eigenvalue weighted by molar-refractivity contribution is 5.98. The lowest BCUT2D eigenvalue weighted by atomic mass is 10.1. The highest BCUT2D eigenvalue weighted by atomic mass is 19.1. The molecule has 0 bridgehead atoms. The van der Waals surface area contributed by atoms with Crippen LogP contribution in [0.4, 0.5) is 10.1 Å². The first-order valence-corrected chi connectivity index (χ1v) is 7.49. The summed E-state index contributed by atoms with van der Waals surface area (Å²) in [5.74, 6) is -2.89. The molecule has 7 heteroatoms. The van der Waals surface area contributed by atoms with Gasteiger partial charge in [-0.25, -0.2) is 4.39 Å². The highest BCUT2D eigenvalue weighted by Crippen LogP contribution is 2.18. The van der Waals surface area contributed by atoms with Gasteiger partial charge in [0.1, 0.15) is 12.4 Å². The minimum Gasteiger partial charge on any atom is -0.480 e. The van der Waals surface area contributed by atoms with Crippen LogP contribution in [0, 0.1) is 5.82 Å². The van der Waals surface area contributed by atoms with Crippen molar-refractivity contribution in [3.05, 3.63) is 65.5 Å². The van der Waals surface area contributed by atoms with Crippen molar-refractivity contribution in [1.29, 1.82) is 0 Å². The van der Waals surface area contributed by atoms with Gasteiger partial charge < -0.3 is 15.3 Å². The number of nitrogens with one attached hydrogen (secondary N) is 1. The maximum absolute atomic E-state index is 13.7. The van der Waals surface area contributed by atoms with Crippen LogP contribution in [0.1, 0.15) is 22.8 Å². The summed E-state index contributed by atoms with van der Waals surface area (Å²) < 4.78 is 13.7. The average Bonchev–Trinajstić information content (AvgIpc) is 2.56. The Hall–Kier alpha value is -3.22. The van der Waals surface area contributed by atoms with E-state index < -0.39 is 30.1 Å². The molecule has 0 unspecified atom stereocenters. The monoisotopic (exact) mass is 344 g/mol. The third kappa shape index (κ3) is 5.13. The van der Waals surface area contributed by atoms with Crippen LogP contribution in [0.15, 0.2) is 48.5 Å². The molecule has 0 aromatic heterocycles. The molecule has 0 heterocycles. The Morgan fingerprint density at radius 2 is 1.80 bits per heavy atom. The maximum Gasteiger partial charge on any atom is 0.323 e. The summed E-state index contributed by atoms with van der Waals surface area (Å²) >= 11 is 0. The van der Waals surface area contributed by atoms with Gasteiger partial charge in [-0.05, 0) is 23.8 Å². The van der Waals surface area contributed by atoms with Crippen molar-refractivity contribution in [3.63, 3.8) is 0 Å². The van der Waals surface area contributed by atoms with Crippen molar-refractivity contribution in [2.24, 2.45) is 0 Å². The zero-order valence-electron chi connectivity index (χ0n) is 13.5. The number of hydrogen-bond donors (Lipinski definition) is 2. The number of benzene rings is 2. The normalized spacial score (nSPS) is 10.2. The van der Waals surface area contributed by atoms with Crippen LogP contribution in [0.3, 0.4) is 0 Å². The Kier molecular flexibility index (Phi) is 5.84. The SMILES string of the molecule is CC(=O)Nc1cc(C(=O)N(CC(=O)O)Cc2ccccc2)ccc1F. The van der Waals surface area contributed by atoms with E-state index in [1.807, 2.05) is 6.07 Å². The van der Waals surface area contributed by atoms with E-state index in [-0.39, 0.29) is 17.8 Å². The lowest BCUT2D eigenvalue weighted by molar-refractivity contribution is -0.137. The molecule has 2 aromatic carbocycles. The summed E-state index contributed by atoms with van der Waals surface area (Å²) in [7, 11) is 0. The molecular weight excluding hydrogens is 327 g/mol. The summed E-state index contributed by atoms with van der Waals surface area (Å²) in [6, 6.07) is 12.4. The van der Waals surface area contributed by atoms with Crippen molar-refractivity contribution in [1.82, 2.24) is 4.90 Å². The molecule has 0 fully saturated rings. The smallest absolute Gasteiger partial charge is 0.323 e. The fraction of sp³-hybridized carbons (Fsp3) is 0.167. The van der Waals surface area contributed by atoms with Crippen molar-refractivity contribution in [2.45, 2.75) is 13.5 Å². The van der Waals surface area contributed by atoms with Crippen LogP contribution in [-0.2, 0) is 16.1 Å². The number of halogens is 1. The van der Waals surface area contributed by atoms with Gasteiger partial charge in [-0.15, -0.1) is 0 Å². The van der Waals surface area contributed by atoms with Crippen LogP contribution < -0.4 is 5.32 Å². The Morgan fingerprint density at radius 1 is 1.12 bits per heavy atom. The zero-order valence-corrected chi connectivity index (χ0v) is 13.5. The van der Waals surface area contributed by atoms with E-state index in [0.717, 1.165) is 16.5 Å². The van der Waals surface area contributed by atoms with Crippen molar-refractivity contribution in [2.75, 3.05) is 11.9 Å². The second-order valence-corrected chi connectivity index (χ2v) is 5.42. The number of carboxylic acids is 1. The van der Waals surface area contributed by atoms with Crippen LogP contribution in [-0.4, -0.2) is 34.3 Å². The molecule has 0 saturated heterocycles. The minimum absolute atomic E-state index is 0.0855. The summed E-state index contributed by atoms with van der Waals surface area (Å²) in [6.45, 7) is 0.819. The van der Waals surface area contributed by atoms with E-state index in [4.69, 9.17) is 5.11 Å². The highest BCUT2D eigenvalue weighted by Gasteiger charge is 2.20. The Morgan fingerprint density at radius 3 is 2.40 bits per heavy atom. The molecule has 0 spiro atoms. The number of anilines is 1. The number of nitrogens with zero attached hydrogens (tertiary/aromatic N) is 1. The van der Waals surface area contributed by atoms with Gasteiger partial charge in [0.25, 0.3) is 5.91 Å². The Labute approximate surface area is 143 Å². The van der Waals surface area contributed by atoms with Gasteiger partial charge in [0.15, 0.2) is 0 Å².